The number of H-pyrrole nitrogens is 1. The van der Waals surface area contributed by atoms with E-state index in [0.717, 1.165) is 19.3 Å². The lowest BCUT2D eigenvalue weighted by Crippen LogP contribution is -2.40. The Morgan fingerprint density at radius 1 is 1.38 bits per heavy atom. The van der Waals surface area contributed by atoms with Gasteiger partial charge in [0.05, 0.1) is 5.69 Å². The number of hydrogen-bond acceptors (Lipinski definition) is 2. The number of nitrogens with one attached hydrogen (secondary N) is 2. The number of unbranched alkanes of at least 4 members (excludes halogenated alkanes) is 2. The average Bonchev–Trinajstić information content (AvgIpc) is 2.75. The number of aromatic amines is 1. The number of carbonyl (C=O) groups excluding carboxylic acids is 1. The van der Waals surface area contributed by atoms with Crippen molar-refractivity contribution in [2.24, 2.45) is 0 Å². The van der Waals surface area contributed by atoms with E-state index in [2.05, 4.69) is 17.2 Å². The molecule has 0 saturated heterocycles. The van der Waals surface area contributed by atoms with Crippen molar-refractivity contribution in [3.05, 3.63) is 17.5 Å². The molecule has 0 spiro atoms. The predicted molar refractivity (Wildman–Crippen MR) is 82.9 cm³/mol. The number of aromatic carboxylic acids is 1. The van der Waals surface area contributed by atoms with Gasteiger partial charge < -0.3 is 20.3 Å². The van der Waals surface area contributed by atoms with Crippen molar-refractivity contribution < 1.29 is 14.7 Å². The van der Waals surface area contributed by atoms with Gasteiger partial charge >= 0.3 is 12.0 Å². The lowest BCUT2D eigenvalue weighted by atomic mass is 10.2. The van der Waals surface area contributed by atoms with Crippen LogP contribution in [0.4, 0.5) is 10.5 Å². The van der Waals surface area contributed by atoms with Crippen molar-refractivity contribution in [2.75, 3.05) is 11.9 Å². The van der Waals surface area contributed by atoms with Crippen LogP contribution in [0.15, 0.2) is 6.07 Å². The van der Waals surface area contributed by atoms with Gasteiger partial charge in [0.15, 0.2) is 0 Å². The van der Waals surface area contributed by atoms with Crippen molar-refractivity contribution in [3.63, 3.8) is 0 Å². The highest BCUT2D eigenvalue weighted by Gasteiger charge is 2.20. The summed E-state index contributed by atoms with van der Waals surface area (Å²) in [6.07, 6.45) is 3.11. The number of carbonyl (C=O) groups is 2. The second kappa shape index (κ2) is 7.71. The Morgan fingerprint density at radius 2 is 2.05 bits per heavy atom. The van der Waals surface area contributed by atoms with Gasteiger partial charge in [-0.2, -0.15) is 0 Å². The van der Waals surface area contributed by atoms with E-state index in [-0.39, 0.29) is 17.8 Å². The van der Waals surface area contributed by atoms with Crippen LogP contribution in [-0.2, 0) is 0 Å². The molecule has 118 valence electrons. The number of anilines is 1. The number of nitrogens with zero attached hydrogens (tertiary/aromatic N) is 1. The van der Waals surface area contributed by atoms with E-state index in [1.54, 1.807) is 17.9 Å². The van der Waals surface area contributed by atoms with Crippen LogP contribution < -0.4 is 5.32 Å². The zero-order chi connectivity index (χ0) is 16.0. The third-order valence-corrected chi connectivity index (χ3v) is 3.29. The average molecular weight is 295 g/mol. The smallest absolute Gasteiger partial charge is 0.354 e. The number of hydrogen-bond donors (Lipinski definition) is 3. The number of aromatic nitrogens is 1. The maximum atomic E-state index is 12.3. The highest BCUT2D eigenvalue weighted by atomic mass is 16.4. The van der Waals surface area contributed by atoms with E-state index in [1.165, 1.54) is 0 Å². The molecule has 0 atom stereocenters. The standard InChI is InChI=1S/C15H25N3O3/c1-5-6-7-8-18(10(2)3)15(21)17-12-9-11(4)16-13(12)14(19)20/h9-10,16H,5-8H2,1-4H3,(H,17,21)(H,19,20). The summed E-state index contributed by atoms with van der Waals surface area (Å²) in [4.78, 5) is 27.9. The number of carboxylic acids is 1. The fourth-order valence-corrected chi connectivity index (χ4v) is 2.17. The zero-order valence-electron chi connectivity index (χ0n) is 13.2. The van der Waals surface area contributed by atoms with Crippen molar-refractivity contribution >= 4 is 17.7 Å². The highest BCUT2D eigenvalue weighted by Crippen LogP contribution is 2.18. The Bertz CT molecular complexity index is 494. The number of aryl methyl sites for hydroxylation is 1. The van der Waals surface area contributed by atoms with Crippen LogP contribution in [0.1, 0.15) is 56.2 Å². The maximum absolute atomic E-state index is 12.3. The summed E-state index contributed by atoms with van der Waals surface area (Å²) in [6.45, 7) is 8.44. The summed E-state index contributed by atoms with van der Waals surface area (Å²) in [5.41, 5.74) is 1.02. The van der Waals surface area contributed by atoms with Gasteiger partial charge in [0.2, 0.25) is 0 Å². The number of rotatable bonds is 7. The molecular formula is C15H25N3O3. The first kappa shape index (κ1) is 17.1. The van der Waals surface area contributed by atoms with E-state index in [4.69, 9.17) is 5.11 Å². The van der Waals surface area contributed by atoms with Gasteiger partial charge in [0.1, 0.15) is 5.69 Å². The van der Waals surface area contributed by atoms with Gasteiger partial charge in [0.25, 0.3) is 0 Å². The Morgan fingerprint density at radius 3 is 2.57 bits per heavy atom. The summed E-state index contributed by atoms with van der Waals surface area (Å²) in [5, 5.41) is 11.8. The van der Waals surface area contributed by atoms with Gasteiger partial charge in [-0.05, 0) is 33.3 Å². The Kier molecular flexibility index (Phi) is 6.27. The molecule has 0 saturated carbocycles. The van der Waals surface area contributed by atoms with Crippen LogP contribution in [0.3, 0.4) is 0 Å². The van der Waals surface area contributed by atoms with E-state index in [1.807, 2.05) is 13.8 Å². The van der Waals surface area contributed by atoms with Crippen molar-refractivity contribution in [1.29, 1.82) is 0 Å². The lowest BCUT2D eigenvalue weighted by molar-refractivity contribution is 0.0692. The first-order valence-corrected chi connectivity index (χ1v) is 7.37. The quantitative estimate of drug-likeness (QED) is 0.673. The van der Waals surface area contributed by atoms with Crippen molar-refractivity contribution in [3.8, 4) is 0 Å². The SMILES string of the molecule is CCCCCN(C(=O)Nc1cc(C)[nH]c1C(=O)O)C(C)C. The second-order valence-corrected chi connectivity index (χ2v) is 5.47. The number of carboxylic acid groups (broad SMARTS) is 1. The molecule has 0 aliphatic carbocycles. The maximum Gasteiger partial charge on any atom is 0.354 e. The molecule has 3 N–H and O–H groups in total. The molecule has 0 aliphatic heterocycles. The normalized spacial score (nSPS) is 10.7. The molecule has 0 fully saturated rings. The number of urea groups is 1. The van der Waals surface area contributed by atoms with Crippen LogP contribution in [0.2, 0.25) is 0 Å². The van der Waals surface area contributed by atoms with Crippen molar-refractivity contribution in [2.45, 2.75) is 53.0 Å². The molecule has 6 nitrogen and oxygen atoms in total. The first-order chi connectivity index (χ1) is 9.86. The molecule has 1 aromatic rings. The fourth-order valence-electron chi connectivity index (χ4n) is 2.17. The predicted octanol–water partition coefficient (Wildman–Crippen LogP) is 3.45. The second-order valence-electron chi connectivity index (χ2n) is 5.47. The Hall–Kier alpha value is -1.98. The molecule has 0 aromatic carbocycles. The molecule has 2 amide bonds. The van der Waals surface area contributed by atoms with Gasteiger partial charge in [-0.3, -0.25) is 0 Å². The summed E-state index contributed by atoms with van der Waals surface area (Å²) < 4.78 is 0. The van der Waals surface area contributed by atoms with Crippen molar-refractivity contribution in [1.82, 2.24) is 9.88 Å². The van der Waals surface area contributed by atoms with Gasteiger partial charge in [-0.25, -0.2) is 9.59 Å². The highest BCUT2D eigenvalue weighted by molar-refractivity contribution is 5.99. The largest absolute Gasteiger partial charge is 0.477 e. The number of amides is 2. The van der Waals surface area contributed by atoms with Crippen LogP contribution in [0.25, 0.3) is 0 Å². The molecule has 21 heavy (non-hydrogen) atoms. The summed E-state index contributed by atoms with van der Waals surface area (Å²) in [5.74, 6) is -1.08. The third kappa shape index (κ3) is 4.81. The van der Waals surface area contributed by atoms with Crippen LogP contribution in [0.5, 0.6) is 0 Å². The molecule has 6 heteroatoms. The topological polar surface area (TPSA) is 85.4 Å². The minimum atomic E-state index is -1.08. The minimum absolute atomic E-state index is 0.0121. The van der Waals surface area contributed by atoms with Gasteiger partial charge in [0, 0.05) is 18.3 Å². The van der Waals surface area contributed by atoms with Gasteiger partial charge in [-0.15, -0.1) is 0 Å². The summed E-state index contributed by atoms with van der Waals surface area (Å²) in [7, 11) is 0. The van der Waals surface area contributed by atoms with Crippen LogP contribution >= 0.6 is 0 Å². The molecule has 1 aromatic heterocycles. The zero-order valence-corrected chi connectivity index (χ0v) is 13.2. The minimum Gasteiger partial charge on any atom is -0.477 e. The molecule has 1 rings (SSSR count). The Balaban J connectivity index is 2.79. The monoisotopic (exact) mass is 295 g/mol. The molecular weight excluding hydrogens is 270 g/mol. The Labute approximate surface area is 125 Å². The molecule has 0 bridgehead atoms. The van der Waals surface area contributed by atoms with E-state index in [9.17, 15) is 9.59 Å². The van der Waals surface area contributed by atoms with E-state index >= 15 is 0 Å². The molecule has 1 heterocycles. The summed E-state index contributed by atoms with van der Waals surface area (Å²) in [6, 6.07) is 1.43. The summed E-state index contributed by atoms with van der Waals surface area (Å²) >= 11 is 0. The van der Waals surface area contributed by atoms with E-state index in [0.29, 0.717) is 17.9 Å². The molecule has 0 radical (unpaired) electrons. The van der Waals surface area contributed by atoms with Crippen LogP contribution in [-0.4, -0.2) is 39.6 Å². The first-order valence-electron chi connectivity index (χ1n) is 7.37. The fraction of sp³-hybridized carbons (Fsp3) is 0.600. The van der Waals surface area contributed by atoms with Crippen LogP contribution in [0, 0.1) is 6.92 Å². The third-order valence-electron chi connectivity index (χ3n) is 3.29. The molecule has 0 unspecified atom stereocenters. The lowest BCUT2D eigenvalue weighted by Gasteiger charge is -2.26. The molecule has 0 aliphatic rings. The van der Waals surface area contributed by atoms with E-state index < -0.39 is 5.97 Å². The van der Waals surface area contributed by atoms with Gasteiger partial charge in [-0.1, -0.05) is 19.8 Å².